The van der Waals surface area contributed by atoms with E-state index in [-0.39, 0.29) is 0 Å². The summed E-state index contributed by atoms with van der Waals surface area (Å²) < 4.78 is 5.17. The van der Waals surface area contributed by atoms with Gasteiger partial charge in [0.05, 0.1) is 19.3 Å². The van der Waals surface area contributed by atoms with Crippen molar-refractivity contribution in [1.82, 2.24) is 4.90 Å². The van der Waals surface area contributed by atoms with Gasteiger partial charge in [-0.2, -0.15) is 0 Å². The summed E-state index contributed by atoms with van der Waals surface area (Å²) in [5.41, 5.74) is 0. The molecule has 2 nitrogen and oxygen atoms in total. The van der Waals surface area contributed by atoms with Crippen molar-refractivity contribution < 1.29 is 4.74 Å². The molecule has 2 aliphatic rings. The summed E-state index contributed by atoms with van der Waals surface area (Å²) in [5, 5.41) is 0. The van der Waals surface area contributed by atoms with Gasteiger partial charge < -0.3 is 4.74 Å². The summed E-state index contributed by atoms with van der Waals surface area (Å²) in [6.45, 7) is 10.9. The van der Waals surface area contributed by atoms with Crippen LogP contribution in [0, 0.1) is 5.92 Å². The lowest BCUT2D eigenvalue weighted by atomic mass is 9.97. The Bertz CT molecular complexity index is 126. The molecule has 0 radical (unpaired) electrons. The molecule has 2 heteroatoms. The van der Waals surface area contributed by atoms with Crippen molar-refractivity contribution in [2.24, 2.45) is 5.92 Å². The first-order chi connectivity index (χ1) is 6.36. The van der Waals surface area contributed by atoms with E-state index >= 15 is 0 Å². The van der Waals surface area contributed by atoms with Gasteiger partial charge in [0.2, 0.25) is 0 Å². The van der Waals surface area contributed by atoms with Crippen molar-refractivity contribution in [1.29, 1.82) is 0 Å². The Hall–Kier alpha value is -0.0800. The van der Waals surface area contributed by atoms with Gasteiger partial charge >= 0.3 is 0 Å². The van der Waals surface area contributed by atoms with Crippen molar-refractivity contribution in [2.75, 3.05) is 26.3 Å². The maximum Gasteiger partial charge on any atom is 0.0645 e. The molecule has 0 amide bonds. The summed E-state index contributed by atoms with van der Waals surface area (Å²) >= 11 is 0. The first-order valence-corrected chi connectivity index (χ1v) is 5.68. The highest BCUT2D eigenvalue weighted by molar-refractivity contribution is 4.80. The van der Waals surface area contributed by atoms with E-state index in [4.69, 9.17) is 4.74 Å². The van der Waals surface area contributed by atoms with Gasteiger partial charge in [-0.15, -0.1) is 0 Å². The van der Waals surface area contributed by atoms with E-state index < -0.39 is 0 Å². The number of likely N-dealkylation sites (tertiary alicyclic amines) is 1. The molecule has 0 aromatic carbocycles. The first kappa shape index (κ1) is 11.0. The molecular formula is C11H23NO. The second kappa shape index (κ2) is 5.61. The van der Waals surface area contributed by atoms with Crippen molar-refractivity contribution >= 4 is 0 Å². The zero-order valence-corrected chi connectivity index (χ0v) is 9.25. The molecule has 0 bridgehead atoms. The van der Waals surface area contributed by atoms with E-state index in [2.05, 4.69) is 11.8 Å². The topological polar surface area (TPSA) is 12.5 Å². The van der Waals surface area contributed by atoms with E-state index in [1.54, 1.807) is 0 Å². The molecule has 0 atom stereocenters. The van der Waals surface area contributed by atoms with Gasteiger partial charge in [0, 0.05) is 0 Å². The molecule has 2 heterocycles. The standard InChI is InChI=1S/C9H17NO.C2H6/c1-8-2-4-10(5-3-8)9-6-11-7-9;1-2/h8-9H,2-7H2,1H3;1-2H3. The number of hydrogen-bond acceptors (Lipinski definition) is 2. The minimum absolute atomic E-state index is 0.766. The van der Waals surface area contributed by atoms with Gasteiger partial charge in [0.15, 0.2) is 0 Å². The second-order valence-corrected chi connectivity index (χ2v) is 3.91. The Morgan fingerprint density at radius 2 is 1.62 bits per heavy atom. The van der Waals surface area contributed by atoms with Crippen LogP contribution < -0.4 is 0 Å². The molecule has 0 aromatic rings. The molecule has 0 unspecified atom stereocenters. The van der Waals surface area contributed by atoms with Crippen molar-refractivity contribution in [3.63, 3.8) is 0 Å². The third kappa shape index (κ3) is 2.96. The van der Waals surface area contributed by atoms with E-state index in [0.717, 1.165) is 25.2 Å². The predicted octanol–water partition coefficient (Wildman–Crippen LogP) is 2.14. The van der Waals surface area contributed by atoms with Crippen molar-refractivity contribution in [3.8, 4) is 0 Å². The highest BCUT2D eigenvalue weighted by Gasteiger charge is 2.28. The van der Waals surface area contributed by atoms with Crippen LogP contribution in [0.5, 0.6) is 0 Å². The lowest BCUT2D eigenvalue weighted by molar-refractivity contribution is -0.0731. The number of piperidine rings is 1. The molecule has 13 heavy (non-hydrogen) atoms. The van der Waals surface area contributed by atoms with Crippen LogP contribution in [0.15, 0.2) is 0 Å². The Kier molecular flexibility index (Phi) is 4.74. The second-order valence-electron chi connectivity index (χ2n) is 3.91. The Labute approximate surface area is 82.3 Å². The molecular weight excluding hydrogens is 162 g/mol. The summed E-state index contributed by atoms with van der Waals surface area (Å²) in [6, 6.07) is 0.766. The Morgan fingerprint density at radius 1 is 1.08 bits per heavy atom. The van der Waals surface area contributed by atoms with Gasteiger partial charge in [-0.05, 0) is 31.8 Å². The van der Waals surface area contributed by atoms with Crippen LogP contribution in [0.4, 0.5) is 0 Å². The number of ether oxygens (including phenoxy) is 1. The van der Waals surface area contributed by atoms with Gasteiger partial charge in [-0.3, -0.25) is 4.90 Å². The van der Waals surface area contributed by atoms with Crippen LogP contribution >= 0.6 is 0 Å². The number of hydrogen-bond donors (Lipinski definition) is 0. The molecule has 0 aromatic heterocycles. The van der Waals surface area contributed by atoms with Crippen LogP contribution in [0.3, 0.4) is 0 Å². The highest BCUT2D eigenvalue weighted by atomic mass is 16.5. The van der Waals surface area contributed by atoms with Crippen LogP contribution in [-0.4, -0.2) is 37.2 Å². The lowest BCUT2D eigenvalue weighted by Gasteiger charge is -2.40. The monoisotopic (exact) mass is 185 g/mol. The zero-order valence-electron chi connectivity index (χ0n) is 9.25. The van der Waals surface area contributed by atoms with Gasteiger partial charge in [0.25, 0.3) is 0 Å². The highest BCUT2D eigenvalue weighted by Crippen LogP contribution is 2.20. The minimum Gasteiger partial charge on any atom is -0.378 e. The molecule has 2 fully saturated rings. The first-order valence-electron chi connectivity index (χ1n) is 5.68. The SMILES string of the molecule is CC.CC1CCN(C2COC2)CC1. The molecule has 0 saturated carbocycles. The van der Waals surface area contributed by atoms with Crippen LogP contribution in [0.25, 0.3) is 0 Å². The van der Waals surface area contributed by atoms with Gasteiger partial charge in [-0.25, -0.2) is 0 Å². The molecule has 0 N–H and O–H groups in total. The predicted molar refractivity (Wildman–Crippen MR) is 55.9 cm³/mol. The zero-order chi connectivity index (χ0) is 9.68. The number of nitrogens with zero attached hydrogens (tertiary/aromatic N) is 1. The molecule has 0 spiro atoms. The van der Waals surface area contributed by atoms with Gasteiger partial charge in [0.1, 0.15) is 0 Å². The fourth-order valence-corrected chi connectivity index (χ4v) is 1.83. The average molecular weight is 185 g/mol. The molecule has 2 rings (SSSR count). The lowest BCUT2D eigenvalue weighted by Crippen LogP contribution is -2.51. The van der Waals surface area contributed by atoms with Crippen molar-refractivity contribution in [2.45, 2.75) is 39.7 Å². The third-order valence-corrected chi connectivity index (χ3v) is 2.96. The summed E-state index contributed by atoms with van der Waals surface area (Å²) in [6.07, 6.45) is 2.77. The largest absolute Gasteiger partial charge is 0.378 e. The Morgan fingerprint density at radius 3 is 2.00 bits per heavy atom. The maximum absolute atomic E-state index is 5.17. The smallest absolute Gasteiger partial charge is 0.0645 e. The fourth-order valence-electron chi connectivity index (χ4n) is 1.83. The fraction of sp³-hybridized carbons (Fsp3) is 1.00. The van der Waals surface area contributed by atoms with Gasteiger partial charge in [-0.1, -0.05) is 20.8 Å². The van der Waals surface area contributed by atoms with E-state index in [9.17, 15) is 0 Å². The van der Waals surface area contributed by atoms with E-state index in [0.29, 0.717) is 0 Å². The van der Waals surface area contributed by atoms with E-state index in [1.165, 1.54) is 25.9 Å². The average Bonchev–Trinajstić information content (AvgIpc) is 2.09. The summed E-state index contributed by atoms with van der Waals surface area (Å²) in [4.78, 5) is 2.59. The van der Waals surface area contributed by atoms with Crippen LogP contribution in [-0.2, 0) is 4.74 Å². The summed E-state index contributed by atoms with van der Waals surface area (Å²) in [7, 11) is 0. The molecule has 2 aliphatic heterocycles. The quantitative estimate of drug-likeness (QED) is 0.620. The summed E-state index contributed by atoms with van der Waals surface area (Å²) in [5.74, 6) is 0.951. The van der Waals surface area contributed by atoms with Crippen LogP contribution in [0.2, 0.25) is 0 Å². The van der Waals surface area contributed by atoms with E-state index in [1.807, 2.05) is 13.8 Å². The van der Waals surface area contributed by atoms with Crippen LogP contribution in [0.1, 0.15) is 33.6 Å². The molecule has 0 aliphatic carbocycles. The number of rotatable bonds is 1. The normalized spacial score (nSPS) is 26.1. The molecule has 2 saturated heterocycles. The van der Waals surface area contributed by atoms with Crippen molar-refractivity contribution in [3.05, 3.63) is 0 Å². The Balaban J connectivity index is 0.000000396. The minimum atomic E-state index is 0.766. The maximum atomic E-state index is 5.17. The molecule has 78 valence electrons. The third-order valence-electron chi connectivity index (χ3n) is 2.96.